The average molecular weight is 220 g/mol. The van der Waals surface area contributed by atoms with E-state index < -0.39 is 0 Å². The third kappa shape index (κ3) is 1.63. The molecule has 3 heteroatoms. The number of methoxy groups -OCH3 is 1. The molecule has 0 aliphatic rings. The predicted octanol–water partition coefficient (Wildman–Crippen LogP) is 3.28. The van der Waals surface area contributed by atoms with E-state index in [2.05, 4.69) is 19.1 Å². The zero-order valence-electron chi connectivity index (χ0n) is 8.74. The molecular weight excluding hydrogens is 208 g/mol. The second-order valence-electron chi connectivity index (χ2n) is 3.31. The quantitative estimate of drug-likeness (QED) is 0.742. The highest BCUT2D eigenvalue weighted by Gasteiger charge is 2.11. The van der Waals surface area contributed by atoms with Gasteiger partial charge in [-0.15, -0.1) is 0 Å². The summed E-state index contributed by atoms with van der Waals surface area (Å²) in [6, 6.07) is 6.21. The molecule has 2 rings (SSSR count). The van der Waals surface area contributed by atoms with Gasteiger partial charge in [-0.1, -0.05) is 24.3 Å². The van der Waals surface area contributed by atoms with Gasteiger partial charge in [-0.3, -0.25) is 4.79 Å². The number of ether oxygens (including phenoxy) is 1. The number of thiophene rings is 1. The number of aryl methyl sites for hydroxylation is 1. The van der Waals surface area contributed by atoms with Crippen LogP contribution in [0, 0.1) is 0 Å². The summed E-state index contributed by atoms with van der Waals surface area (Å²) >= 11 is 1.51. The molecule has 2 aromatic rings. The zero-order chi connectivity index (χ0) is 10.8. The normalized spacial score (nSPS) is 10.5. The summed E-state index contributed by atoms with van der Waals surface area (Å²) in [5.74, 6) is 0. The minimum atomic E-state index is 0.674. The fraction of sp³-hybridized carbons (Fsp3) is 0.250. The Morgan fingerprint density at radius 2 is 2.27 bits per heavy atom. The summed E-state index contributed by atoms with van der Waals surface area (Å²) < 4.78 is 6.28. The molecule has 0 aliphatic carbocycles. The van der Waals surface area contributed by atoms with E-state index >= 15 is 0 Å². The SMILES string of the molecule is CCc1ccc2sc(OC)c(C=O)c2c1. The Morgan fingerprint density at radius 3 is 2.87 bits per heavy atom. The monoisotopic (exact) mass is 220 g/mol. The van der Waals surface area contributed by atoms with E-state index in [1.807, 2.05) is 6.07 Å². The fourth-order valence-electron chi connectivity index (χ4n) is 1.62. The van der Waals surface area contributed by atoms with E-state index in [4.69, 9.17) is 4.74 Å². The molecule has 0 atom stereocenters. The van der Waals surface area contributed by atoms with Gasteiger partial charge in [-0.05, 0) is 24.1 Å². The molecule has 1 aromatic heterocycles. The molecule has 1 heterocycles. The van der Waals surface area contributed by atoms with Gasteiger partial charge in [0, 0.05) is 10.1 Å². The number of fused-ring (bicyclic) bond motifs is 1. The van der Waals surface area contributed by atoms with E-state index in [9.17, 15) is 4.79 Å². The average Bonchev–Trinajstić information content (AvgIpc) is 2.65. The number of aldehydes is 1. The van der Waals surface area contributed by atoms with Crippen molar-refractivity contribution >= 4 is 27.7 Å². The van der Waals surface area contributed by atoms with E-state index in [1.54, 1.807) is 7.11 Å². The van der Waals surface area contributed by atoms with Crippen LogP contribution in [-0.4, -0.2) is 13.4 Å². The number of benzene rings is 1. The van der Waals surface area contributed by atoms with Crippen molar-refractivity contribution in [1.82, 2.24) is 0 Å². The number of rotatable bonds is 3. The second-order valence-corrected chi connectivity index (χ2v) is 4.32. The lowest BCUT2D eigenvalue weighted by atomic mass is 10.1. The summed E-state index contributed by atoms with van der Waals surface area (Å²) in [7, 11) is 1.60. The first kappa shape index (κ1) is 10.2. The van der Waals surface area contributed by atoms with Gasteiger partial charge in [0.25, 0.3) is 0 Å². The van der Waals surface area contributed by atoms with Crippen LogP contribution in [-0.2, 0) is 6.42 Å². The van der Waals surface area contributed by atoms with Crippen molar-refractivity contribution in [3.63, 3.8) is 0 Å². The number of hydrogen-bond donors (Lipinski definition) is 0. The largest absolute Gasteiger partial charge is 0.487 e. The molecule has 0 saturated carbocycles. The van der Waals surface area contributed by atoms with Crippen molar-refractivity contribution in [3.8, 4) is 5.06 Å². The predicted molar refractivity (Wildman–Crippen MR) is 63.1 cm³/mol. The van der Waals surface area contributed by atoms with E-state index in [-0.39, 0.29) is 0 Å². The van der Waals surface area contributed by atoms with Gasteiger partial charge in [0.2, 0.25) is 0 Å². The van der Waals surface area contributed by atoms with Crippen LogP contribution in [0.3, 0.4) is 0 Å². The lowest BCUT2D eigenvalue weighted by Gasteiger charge is -1.96. The molecule has 0 aliphatic heterocycles. The Balaban J connectivity index is 2.73. The van der Waals surface area contributed by atoms with Gasteiger partial charge >= 0.3 is 0 Å². The number of hydrogen-bond acceptors (Lipinski definition) is 3. The molecule has 0 amide bonds. The molecule has 0 radical (unpaired) electrons. The lowest BCUT2D eigenvalue weighted by molar-refractivity contribution is 0.112. The summed E-state index contributed by atoms with van der Waals surface area (Å²) in [4.78, 5) is 11.0. The highest BCUT2D eigenvalue weighted by Crippen LogP contribution is 2.36. The smallest absolute Gasteiger partial charge is 0.185 e. The van der Waals surface area contributed by atoms with Gasteiger partial charge in [-0.2, -0.15) is 0 Å². The van der Waals surface area contributed by atoms with Crippen LogP contribution in [0.4, 0.5) is 0 Å². The van der Waals surface area contributed by atoms with E-state index in [0.29, 0.717) is 10.6 Å². The number of carbonyl (C=O) groups excluding carboxylic acids is 1. The molecule has 0 bridgehead atoms. The Hall–Kier alpha value is -1.35. The molecule has 0 N–H and O–H groups in total. The molecule has 1 aromatic carbocycles. The summed E-state index contributed by atoms with van der Waals surface area (Å²) in [5, 5.41) is 1.71. The van der Waals surface area contributed by atoms with Crippen LogP contribution < -0.4 is 4.74 Å². The van der Waals surface area contributed by atoms with Crippen LogP contribution in [0.15, 0.2) is 18.2 Å². The molecule has 0 fully saturated rings. The number of carbonyl (C=O) groups is 1. The van der Waals surface area contributed by atoms with Crippen LogP contribution in [0.2, 0.25) is 0 Å². The maximum absolute atomic E-state index is 11.0. The molecule has 15 heavy (non-hydrogen) atoms. The van der Waals surface area contributed by atoms with Crippen molar-refractivity contribution in [2.45, 2.75) is 13.3 Å². The Kier molecular flexibility index (Phi) is 2.73. The minimum Gasteiger partial charge on any atom is -0.487 e. The van der Waals surface area contributed by atoms with Crippen LogP contribution >= 0.6 is 11.3 Å². The first-order valence-corrected chi connectivity index (χ1v) is 5.66. The van der Waals surface area contributed by atoms with Crippen molar-refractivity contribution in [2.75, 3.05) is 7.11 Å². The third-order valence-electron chi connectivity index (χ3n) is 2.47. The summed E-state index contributed by atoms with van der Waals surface area (Å²) in [6.45, 7) is 2.10. The standard InChI is InChI=1S/C12H12O2S/c1-3-8-4-5-11-9(6-8)10(7-13)12(14-2)15-11/h4-7H,3H2,1-2H3. The first-order valence-electron chi connectivity index (χ1n) is 4.84. The highest BCUT2D eigenvalue weighted by molar-refractivity contribution is 7.21. The van der Waals surface area contributed by atoms with Crippen molar-refractivity contribution in [3.05, 3.63) is 29.3 Å². The second kappa shape index (κ2) is 4.03. The van der Waals surface area contributed by atoms with Gasteiger partial charge in [-0.25, -0.2) is 0 Å². The molecular formula is C12H12O2S. The maximum Gasteiger partial charge on any atom is 0.185 e. The summed E-state index contributed by atoms with van der Waals surface area (Å²) in [6.07, 6.45) is 1.85. The van der Waals surface area contributed by atoms with Gasteiger partial charge in [0.15, 0.2) is 11.3 Å². The van der Waals surface area contributed by atoms with E-state index in [1.165, 1.54) is 16.9 Å². The van der Waals surface area contributed by atoms with Gasteiger partial charge < -0.3 is 4.74 Å². The fourth-order valence-corrected chi connectivity index (χ4v) is 2.59. The Labute approximate surface area is 92.5 Å². The highest BCUT2D eigenvalue weighted by atomic mass is 32.1. The molecule has 0 unspecified atom stereocenters. The first-order chi connectivity index (χ1) is 7.30. The topological polar surface area (TPSA) is 26.3 Å². The van der Waals surface area contributed by atoms with Crippen molar-refractivity contribution in [1.29, 1.82) is 0 Å². The lowest BCUT2D eigenvalue weighted by Crippen LogP contribution is -1.85. The molecule has 0 saturated heterocycles. The van der Waals surface area contributed by atoms with Crippen LogP contribution in [0.5, 0.6) is 5.06 Å². The maximum atomic E-state index is 11.0. The van der Waals surface area contributed by atoms with Crippen molar-refractivity contribution in [2.24, 2.45) is 0 Å². The zero-order valence-corrected chi connectivity index (χ0v) is 9.56. The minimum absolute atomic E-state index is 0.674. The van der Waals surface area contributed by atoms with Crippen LogP contribution in [0.25, 0.3) is 10.1 Å². The van der Waals surface area contributed by atoms with Crippen molar-refractivity contribution < 1.29 is 9.53 Å². The molecule has 0 spiro atoms. The van der Waals surface area contributed by atoms with Gasteiger partial charge in [0.1, 0.15) is 0 Å². The van der Waals surface area contributed by atoms with E-state index in [0.717, 1.165) is 22.8 Å². The van der Waals surface area contributed by atoms with Crippen LogP contribution in [0.1, 0.15) is 22.8 Å². The summed E-state index contributed by atoms with van der Waals surface area (Å²) in [5.41, 5.74) is 1.92. The third-order valence-corrected chi connectivity index (χ3v) is 3.62. The Morgan fingerprint density at radius 1 is 1.47 bits per heavy atom. The van der Waals surface area contributed by atoms with Gasteiger partial charge in [0.05, 0.1) is 12.7 Å². The Bertz CT molecular complexity index is 500. The molecule has 78 valence electrons. The molecule has 2 nitrogen and oxygen atoms in total.